The molecule has 1 amide bonds. The molecule has 2 unspecified atom stereocenters. The zero-order chi connectivity index (χ0) is 12.8. The minimum atomic E-state index is 0.00186. The highest BCUT2D eigenvalue weighted by Crippen LogP contribution is 2.16. The number of methoxy groups -OCH3 is 2. The zero-order valence-electron chi connectivity index (χ0n) is 11.2. The number of rotatable bonds is 6. The molecule has 1 rings (SSSR count). The van der Waals surface area contributed by atoms with Crippen LogP contribution in [0.2, 0.25) is 0 Å². The van der Waals surface area contributed by atoms with Gasteiger partial charge in [0.15, 0.2) is 0 Å². The fraction of sp³-hybridized carbons (Fsp3) is 0.917. The molecule has 0 aromatic heterocycles. The van der Waals surface area contributed by atoms with Gasteiger partial charge in [-0.25, -0.2) is 0 Å². The van der Waals surface area contributed by atoms with Gasteiger partial charge in [-0.1, -0.05) is 13.8 Å². The van der Waals surface area contributed by atoms with E-state index in [-0.39, 0.29) is 18.1 Å². The van der Waals surface area contributed by atoms with Gasteiger partial charge in [-0.3, -0.25) is 4.79 Å². The average Bonchev–Trinajstić information content (AvgIpc) is 2.71. The van der Waals surface area contributed by atoms with Crippen LogP contribution in [-0.4, -0.2) is 62.9 Å². The Morgan fingerprint density at radius 2 is 1.82 bits per heavy atom. The van der Waals surface area contributed by atoms with Crippen molar-refractivity contribution >= 4 is 5.91 Å². The van der Waals surface area contributed by atoms with Crippen molar-refractivity contribution < 1.29 is 14.3 Å². The van der Waals surface area contributed by atoms with Crippen molar-refractivity contribution in [3.8, 4) is 0 Å². The second-order valence-corrected chi connectivity index (χ2v) is 4.71. The van der Waals surface area contributed by atoms with E-state index in [1.165, 1.54) is 0 Å². The van der Waals surface area contributed by atoms with Crippen LogP contribution in [0.3, 0.4) is 0 Å². The summed E-state index contributed by atoms with van der Waals surface area (Å²) in [6.45, 7) is 6.14. The Morgan fingerprint density at radius 1 is 1.29 bits per heavy atom. The van der Waals surface area contributed by atoms with Gasteiger partial charge in [0.1, 0.15) is 12.2 Å². The molecule has 5 heteroatoms. The van der Waals surface area contributed by atoms with Crippen molar-refractivity contribution in [1.82, 2.24) is 10.2 Å². The summed E-state index contributed by atoms with van der Waals surface area (Å²) in [5, 5.41) is 3.24. The number of ether oxygens (including phenoxy) is 2. The summed E-state index contributed by atoms with van der Waals surface area (Å²) in [4.78, 5) is 13.7. The van der Waals surface area contributed by atoms with Crippen molar-refractivity contribution in [1.29, 1.82) is 0 Å². The summed E-state index contributed by atoms with van der Waals surface area (Å²) in [6, 6.07) is 0.417. The molecular formula is C12H24N2O3. The molecule has 1 aliphatic rings. The third kappa shape index (κ3) is 4.26. The Labute approximate surface area is 103 Å². The van der Waals surface area contributed by atoms with E-state index in [1.54, 1.807) is 14.2 Å². The molecule has 1 N–H and O–H groups in total. The van der Waals surface area contributed by atoms with E-state index in [4.69, 9.17) is 9.47 Å². The summed E-state index contributed by atoms with van der Waals surface area (Å²) >= 11 is 0. The number of amides is 1. The number of hydrogen-bond acceptors (Lipinski definition) is 4. The first-order valence-corrected chi connectivity index (χ1v) is 6.15. The predicted molar refractivity (Wildman–Crippen MR) is 65.9 cm³/mol. The minimum absolute atomic E-state index is 0.00186. The summed E-state index contributed by atoms with van der Waals surface area (Å²) in [6.07, 6.45) is 0.537. The second kappa shape index (κ2) is 6.93. The Hall–Kier alpha value is -0.650. The van der Waals surface area contributed by atoms with Gasteiger partial charge >= 0.3 is 0 Å². The molecular weight excluding hydrogens is 220 g/mol. The zero-order valence-corrected chi connectivity index (χ0v) is 11.2. The molecule has 100 valence electrons. The summed E-state index contributed by atoms with van der Waals surface area (Å²) < 4.78 is 10.6. The Balaban J connectivity index is 2.33. The molecule has 1 heterocycles. The smallest absolute Gasteiger partial charge is 0.224 e. The fourth-order valence-corrected chi connectivity index (χ4v) is 2.03. The van der Waals surface area contributed by atoms with Crippen LogP contribution in [0, 0.1) is 0 Å². The Bertz CT molecular complexity index is 234. The van der Waals surface area contributed by atoms with Crippen LogP contribution in [0.15, 0.2) is 0 Å². The number of nitrogens with one attached hydrogen (secondary N) is 1. The van der Waals surface area contributed by atoms with Crippen molar-refractivity contribution in [3.63, 3.8) is 0 Å². The first-order valence-electron chi connectivity index (χ1n) is 6.15. The molecule has 17 heavy (non-hydrogen) atoms. The maximum absolute atomic E-state index is 11.9. The summed E-state index contributed by atoms with van der Waals surface area (Å²) in [7, 11) is 3.32. The third-order valence-electron chi connectivity index (χ3n) is 3.06. The molecule has 0 aromatic carbocycles. The lowest BCUT2D eigenvalue weighted by Gasteiger charge is -2.16. The van der Waals surface area contributed by atoms with Crippen LogP contribution < -0.4 is 5.32 Å². The predicted octanol–water partition coefficient (Wildman–Crippen LogP) is 0.247. The van der Waals surface area contributed by atoms with Gasteiger partial charge < -0.3 is 19.7 Å². The normalized spacial score (nSPS) is 24.6. The maximum atomic E-state index is 11.9. The standard InChI is InChI=1S/C12H24N2O3/c1-9(2)13-6-5-12(15)14-7-10(16-3)11(8-14)17-4/h9-11,13H,5-8H2,1-4H3. The van der Waals surface area contributed by atoms with Gasteiger partial charge in [0.2, 0.25) is 5.91 Å². The highest BCUT2D eigenvalue weighted by molar-refractivity contribution is 5.76. The van der Waals surface area contributed by atoms with Gasteiger partial charge in [-0.15, -0.1) is 0 Å². The maximum Gasteiger partial charge on any atom is 0.224 e. The molecule has 0 radical (unpaired) electrons. The first kappa shape index (κ1) is 14.4. The van der Waals surface area contributed by atoms with E-state index in [0.29, 0.717) is 25.6 Å². The average molecular weight is 244 g/mol. The van der Waals surface area contributed by atoms with Gasteiger partial charge in [0, 0.05) is 46.3 Å². The molecule has 2 atom stereocenters. The number of nitrogens with zero attached hydrogens (tertiary/aromatic N) is 1. The molecule has 0 saturated carbocycles. The topological polar surface area (TPSA) is 50.8 Å². The second-order valence-electron chi connectivity index (χ2n) is 4.71. The van der Waals surface area contributed by atoms with Gasteiger partial charge in [0.05, 0.1) is 0 Å². The lowest BCUT2D eigenvalue weighted by atomic mass is 10.3. The molecule has 1 aliphatic heterocycles. The summed E-state index contributed by atoms with van der Waals surface area (Å²) in [5.74, 6) is 0.166. The first-order chi connectivity index (χ1) is 8.08. The van der Waals surface area contributed by atoms with E-state index < -0.39 is 0 Å². The van der Waals surface area contributed by atoms with Gasteiger partial charge in [-0.2, -0.15) is 0 Å². The lowest BCUT2D eigenvalue weighted by Crippen LogP contribution is -2.34. The van der Waals surface area contributed by atoms with Crippen LogP contribution >= 0.6 is 0 Å². The van der Waals surface area contributed by atoms with Crippen molar-refractivity contribution in [2.24, 2.45) is 0 Å². The largest absolute Gasteiger partial charge is 0.377 e. The molecule has 0 spiro atoms. The molecule has 0 aromatic rings. The van der Waals surface area contributed by atoms with Crippen molar-refractivity contribution in [2.75, 3.05) is 33.9 Å². The quantitative estimate of drug-likeness (QED) is 0.727. The van der Waals surface area contributed by atoms with E-state index >= 15 is 0 Å². The van der Waals surface area contributed by atoms with E-state index in [0.717, 1.165) is 6.54 Å². The van der Waals surface area contributed by atoms with E-state index in [2.05, 4.69) is 19.2 Å². The number of carbonyl (C=O) groups is 1. The minimum Gasteiger partial charge on any atom is -0.377 e. The van der Waals surface area contributed by atoms with Gasteiger partial charge in [-0.05, 0) is 0 Å². The van der Waals surface area contributed by atoms with E-state index in [1.807, 2.05) is 4.90 Å². The molecule has 1 fully saturated rings. The molecule has 1 saturated heterocycles. The van der Waals surface area contributed by atoms with Crippen molar-refractivity contribution in [3.05, 3.63) is 0 Å². The van der Waals surface area contributed by atoms with Crippen LogP contribution in [0.1, 0.15) is 20.3 Å². The highest BCUT2D eigenvalue weighted by atomic mass is 16.5. The molecule has 0 aliphatic carbocycles. The van der Waals surface area contributed by atoms with Crippen LogP contribution in [0.4, 0.5) is 0 Å². The fourth-order valence-electron chi connectivity index (χ4n) is 2.03. The summed E-state index contributed by atoms with van der Waals surface area (Å²) in [5.41, 5.74) is 0. The van der Waals surface area contributed by atoms with Crippen LogP contribution in [0.5, 0.6) is 0 Å². The number of hydrogen-bond donors (Lipinski definition) is 1. The van der Waals surface area contributed by atoms with Crippen molar-refractivity contribution in [2.45, 2.75) is 38.5 Å². The SMILES string of the molecule is COC1CN(C(=O)CCNC(C)C)CC1OC. The Kier molecular flexibility index (Phi) is 5.88. The van der Waals surface area contributed by atoms with Crippen LogP contribution in [0.25, 0.3) is 0 Å². The van der Waals surface area contributed by atoms with E-state index in [9.17, 15) is 4.79 Å². The van der Waals surface area contributed by atoms with Crippen LogP contribution in [-0.2, 0) is 14.3 Å². The third-order valence-corrected chi connectivity index (χ3v) is 3.06. The molecule has 0 bridgehead atoms. The Morgan fingerprint density at radius 3 is 2.24 bits per heavy atom. The molecule has 5 nitrogen and oxygen atoms in total. The lowest BCUT2D eigenvalue weighted by molar-refractivity contribution is -0.130. The van der Waals surface area contributed by atoms with Gasteiger partial charge in [0.25, 0.3) is 0 Å². The number of carbonyl (C=O) groups excluding carboxylic acids is 1. The monoisotopic (exact) mass is 244 g/mol. The highest BCUT2D eigenvalue weighted by Gasteiger charge is 2.35. The number of likely N-dealkylation sites (tertiary alicyclic amines) is 1.